The first-order valence-corrected chi connectivity index (χ1v) is 9.13. The van der Waals surface area contributed by atoms with Crippen molar-refractivity contribution in [2.24, 2.45) is 5.92 Å². The summed E-state index contributed by atoms with van der Waals surface area (Å²) in [5, 5.41) is 22.9. The van der Waals surface area contributed by atoms with Crippen LogP contribution in [0.2, 0.25) is 0 Å². The topological polar surface area (TPSA) is 65.8 Å². The van der Waals surface area contributed by atoms with Gasteiger partial charge in [0, 0.05) is 24.2 Å². The highest BCUT2D eigenvalue weighted by atomic mass is 16.5. The van der Waals surface area contributed by atoms with Crippen LogP contribution in [0.15, 0.2) is 30.5 Å². The van der Waals surface area contributed by atoms with Crippen LogP contribution in [0, 0.1) is 5.92 Å². The van der Waals surface area contributed by atoms with E-state index in [1.54, 1.807) is 13.3 Å². The number of piperidine rings is 3. The SMILES string of the molecule is CC[C@]1(O)CN2CC[C@H]1C[C@@H]2[C@@H](O)c1ccnc2ccc(OC)cc12. The van der Waals surface area contributed by atoms with Gasteiger partial charge in [-0.2, -0.15) is 0 Å². The van der Waals surface area contributed by atoms with E-state index in [4.69, 9.17) is 4.74 Å². The molecule has 5 heteroatoms. The quantitative estimate of drug-likeness (QED) is 0.894. The Bertz CT molecular complexity index is 781. The minimum Gasteiger partial charge on any atom is -0.497 e. The smallest absolute Gasteiger partial charge is 0.119 e. The monoisotopic (exact) mass is 342 g/mol. The van der Waals surface area contributed by atoms with E-state index < -0.39 is 11.7 Å². The van der Waals surface area contributed by atoms with Gasteiger partial charge in [0.15, 0.2) is 0 Å². The summed E-state index contributed by atoms with van der Waals surface area (Å²) in [7, 11) is 1.64. The van der Waals surface area contributed by atoms with Crippen molar-refractivity contribution < 1.29 is 14.9 Å². The van der Waals surface area contributed by atoms with E-state index in [-0.39, 0.29) is 12.0 Å². The zero-order chi connectivity index (χ0) is 17.6. The van der Waals surface area contributed by atoms with E-state index >= 15 is 0 Å². The predicted molar refractivity (Wildman–Crippen MR) is 96.6 cm³/mol. The summed E-state index contributed by atoms with van der Waals surface area (Å²) in [6.07, 6.45) is 3.78. The maximum absolute atomic E-state index is 11.2. The van der Waals surface area contributed by atoms with E-state index in [1.165, 1.54) is 0 Å². The number of nitrogens with zero attached hydrogens (tertiary/aromatic N) is 2. The van der Waals surface area contributed by atoms with E-state index in [9.17, 15) is 10.2 Å². The fourth-order valence-corrected chi connectivity index (χ4v) is 4.68. The number of hydrogen-bond donors (Lipinski definition) is 2. The molecule has 2 aromatic rings. The van der Waals surface area contributed by atoms with Gasteiger partial charge in [0.1, 0.15) is 5.75 Å². The molecule has 0 spiro atoms. The molecule has 5 rings (SSSR count). The largest absolute Gasteiger partial charge is 0.497 e. The van der Waals surface area contributed by atoms with Gasteiger partial charge in [0.25, 0.3) is 0 Å². The lowest BCUT2D eigenvalue weighted by Gasteiger charge is -2.55. The number of ether oxygens (including phenoxy) is 1. The van der Waals surface area contributed by atoms with Gasteiger partial charge < -0.3 is 14.9 Å². The van der Waals surface area contributed by atoms with Gasteiger partial charge in [0.05, 0.1) is 24.3 Å². The van der Waals surface area contributed by atoms with E-state index in [0.717, 1.165) is 48.0 Å². The van der Waals surface area contributed by atoms with Crippen LogP contribution >= 0.6 is 0 Å². The van der Waals surface area contributed by atoms with E-state index in [2.05, 4.69) is 16.8 Å². The molecule has 3 aliphatic heterocycles. The molecular formula is C20H26N2O3. The molecule has 3 aliphatic rings. The van der Waals surface area contributed by atoms with Crippen LogP contribution < -0.4 is 4.74 Å². The maximum atomic E-state index is 11.2. The summed E-state index contributed by atoms with van der Waals surface area (Å²) in [4.78, 5) is 6.67. The summed E-state index contributed by atoms with van der Waals surface area (Å²) in [5.41, 5.74) is 1.15. The molecule has 1 aromatic carbocycles. The number of pyridine rings is 1. The lowest BCUT2D eigenvalue weighted by molar-refractivity contribution is -0.153. The molecule has 2 N–H and O–H groups in total. The third kappa shape index (κ3) is 2.71. The molecule has 4 heterocycles. The van der Waals surface area contributed by atoms with Crippen LogP contribution in [0.3, 0.4) is 0 Å². The fourth-order valence-electron chi connectivity index (χ4n) is 4.68. The molecule has 0 saturated carbocycles. The number of rotatable bonds is 4. The minimum absolute atomic E-state index is 0.0439. The lowest BCUT2D eigenvalue weighted by Crippen LogP contribution is -2.63. The van der Waals surface area contributed by atoms with Crippen LogP contribution in [-0.2, 0) is 0 Å². The fraction of sp³-hybridized carbons (Fsp3) is 0.550. The average Bonchev–Trinajstić information content (AvgIpc) is 2.66. The highest BCUT2D eigenvalue weighted by Gasteiger charge is 2.50. The average molecular weight is 342 g/mol. The van der Waals surface area contributed by atoms with Gasteiger partial charge in [-0.25, -0.2) is 0 Å². The standard InChI is InChI=1S/C20H26N2O3/c1-3-20(24)12-22-9-7-13(20)10-18(22)19(23)15-6-8-21-17-5-4-14(25-2)11-16(15)17/h4-6,8,11,13,18-19,23-24H,3,7,9-10,12H2,1-2H3/t13-,18+,19-,20-/m0/s1. The maximum Gasteiger partial charge on any atom is 0.119 e. The van der Waals surface area contributed by atoms with Gasteiger partial charge in [-0.05, 0) is 61.6 Å². The van der Waals surface area contributed by atoms with Gasteiger partial charge in [-0.15, -0.1) is 0 Å². The molecule has 134 valence electrons. The molecule has 5 atom stereocenters. The molecule has 1 unspecified atom stereocenters. The molecule has 3 saturated heterocycles. The van der Waals surface area contributed by atoms with Crippen molar-refractivity contribution in [3.63, 3.8) is 0 Å². The van der Waals surface area contributed by atoms with Crippen LogP contribution in [0.5, 0.6) is 5.75 Å². The van der Waals surface area contributed by atoms with Crippen molar-refractivity contribution in [3.05, 3.63) is 36.0 Å². The second-order valence-electron chi connectivity index (χ2n) is 7.44. The Morgan fingerprint density at radius 3 is 2.92 bits per heavy atom. The summed E-state index contributed by atoms with van der Waals surface area (Å²) >= 11 is 0. The van der Waals surface area contributed by atoms with Crippen molar-refractivity contribution in [2.75, 3.05) is 20.2 Å². The zero-order valence-electron chi connectivity index (χ0n) is 14.9. The Morgan fingerprint density at radius 2 is 2.24 bits per heavy atom. The van der Waals surface area contributed by atoms with Crippen molar-refractivity contribution in [1.29, 1.82) is 0 Å². The number of fused-ring (bicyclic) bond motifs is 4. The summed E-state index contributed by atoms with van der Waals surface area (Å²) in [6, 6.07) is 7.70. The molecule has 3 fully saturated rings. The number of aromatic nitrogens is 1. The predicted octanol–water partition coefficient (Wildman–Crippen LogP) is 2.51. The van der Waals surface area contributed by atoms with Crippen LogP contribution in [0.1, 0.15) is 37.9 Å². The van der Waals surface area contributed by atoms with Crippen molar-refractivity contribution in [2.45, 2.75) is 43.9 Å². The Balaban J connectivity index is 1.68. The first kappa shape index (κ1) is 16.8. The van der Waals surface area contributed by atoms with Crippen LogP contribution in [0.4, 0.5) is 0 Å². The molecule has 0 radical (unpaired) electrons. The first-order chi connectivity index (χ1) is 12.1. The molecule has 2 bridgehead atoms. The number of aliphatic hydroxyl groups excluding tert-OH is 1. The molecule has 5 nitrogen and oxygen atoms in total. The van der Waals surface area contributed by atoms with Crippen molar-refractivity contribution >= 4 is 10.9 Å². The lowest BCUT2D eigenvalue weighted by atomic mass is 9.69. The molecule has 25 heavy (non-hydrogen) atoms. The molecular weight excluding hydrogens is 316 g/mol. The molecule has 0 aliphatic carbocycles. The summed E-state index contributed by atoms with van der Waals surface area (Å²) in [5.74, 6) is 1.03. The van der Waals surface area contributed by atoms with Crippen molar-refractivity contribution in [1.82, 2.24) is 9.88 Å². The summed E-state index contributed by atoms with van der Waals surface area (Å²) in [6.45, 7) is 3.65. The third-order valence-corrected chi connectivity index (χ3v) is 6.27. The van der Waals surface area contributed by atoms with E-state index in [0.29, 0.717) is 6.54 Å². The second kappa shape index (κ2) is 6.24. The Labute approximate surface area is 148 Å². The van der Waals surface area contributed by atoms with Gasteiger partial charge in [-0.1, -0.05) is 6.92 Å². The third-order valence-electron chi connectivity index (χ3n) is 6.27. The zero-order valence-corrected chi connectivity index (χ0v) is 14.9. The summed E-state index contributed by atoms with van der Waals surface area (Å²) < 4.78 is 5.34. The first-order valence-electron chi connectivity index (χ1n) is 9.13. The normalized spacial score (nSPS) is 32.7. The number of benzene rings is 1. The number of hydrogen-bond acceptors (Lipinski definition) is 5. The number of methoxy groups -OCH3 is 1. The Kier molecular flexibility index (Phi) is 4.18. The van der Waals surface area contributed by atoms with Gasteiger partial charge >= 0.3 is 0 Å². The Hall–Kier alpha value is -1.69. The highest BCUT2D eigenvalue weighted by molar-refractivity contribution is 5.83. The van der Waals surface area contributed by atoms with E-state index in [1.807, 2.05) is 24.3 Å². The minimum atomic E-state index is -0.599. The van der Waals surface area contributed by atoms with Crippen LogP contribution in [0.25, 0.3) is 10.9 Å². The van der Waals surface area contributed by atoms with Crippen molar-refractivity contribution in [3.8, 4) is 5.75 Å². The number of aliphatic hydroxyl groups is 2. The molecule has 1 aromatic heterocycles. The van der Waals surface area contributed by atoms with Crippen LogP contribution in [-0.4, -0.2) is 51.9 Å². The second-order valence-corrected chi connectivity index (χ2v) is 7.44. The Morgan fingerprint density at radius 1 is 1.40 bits per heavy atom. The highest BCUT2D eigenvalue weighted by Crippen LogP contribution is 2.44. The molecule has 0 amide bonds. The van der Waals surface area contributed by atoms with Gasteiger partial charge in [0.2, 0.25) is 0 Å². The van der Waals surface area contributed by atoms with Gasteiger partial charge in [-0.3, -0.25) is 9.88 Å².